The second-order valence-corrected chi connectivity index (χ2v) is 5.57. The van der Waals surface area contributed by atoms with Crippen LogP contribution in [0.2, 0.25) is 0 Å². The van der Waals surface area contributed by atoms with Crippen molar-refractivity contribution in [1.29, 1.82) is 0 Å². The second kappa shape index (κ2) is 6.64. The van der Waals surface area contributed by atoms with Gasteiger partial charge in [0.1, 0.15) is 0 Å². The minimum absolute atomic E-state index is 0.271. The predicted molar refractivity (Wildman–Crippen MR) is 94.2 cm³/mol. The van der Waals surface area contributed by atoms with Crippen molar-refractivity contribution in [3.8, 4) is 11.5 Å². The SMILES string of the molecule is CN(c1ccccc1)c1cnnc(NCc2ccc3c(c2)OCO3)n1. The van der Waals surface area contributed by atoms with Crippen molar-refractivity contribution < 1.29 is 9.47 Å². The maximum absolute atomic E-state index is 5.39. The summed E-state index contributed by atoms with van der Waals surface area (Å²) in [6.45, 7) is 0.837. The highest BCUT2D eigenvalue weighted by Gasteiger charge is 2.13. The Balaban J connectivity index is 1.46. The van der Waals surface area contributed by atoms with Crippen molar-refractivity contribution in [2.75, 3.05) is 24.1 Å². The molecule has 0 aliphatic carbocycles. The molecule has 2 aromatic carbocycles. The highest BCUT2D eigenvalue weighted by atomic mass is 16.7. The standard InChI is InChI=1S/C18H17N5O2/c1-23(14-5-3-2-4-6-14)17-11-20-22-18(21-17)19-10-13-7-8-15-16(9-13)25-12-24-15/h2-9,11H,10,12H2,1H3,(H,19,21,22). The molecule has 2 heterocycles. The molecule has 25 heavy (non-hydrogen) atoms. The van der Waals surface area contributed by atoms with E-state index in [9.17, 15) is 0 Å². The molecule has 126 valence electrons. The molecule has 0 spiro atoms. The first kappa shape index (κ1) is 15.2. The van der Waals surface area contributed by atoms with Crippen molar-refractivity contribution in [3.63, 3.8) is 0 Å². The third kappa shape index (κ3) is 3.30. The predicted octanol–water partition coefficient (Wildman–Crippen LogP) is 2.98. The van der Waals surface area contributed by atoms with E-state index < -0.39 is 0 Å². The summed E-state index contributed by atoms with van der Waals surface area (Å²) in [5.41, 5.74) is 2.08. The molecule has 0 saturated heterocycles. The van der Waals surface area contributed by atoms with Crippen LogP contribution >= 0.6 is 0 Å². The maximum Gasteiger partial charge on any atom is 0.244 e. The lowest BCUT2D eigenvalue weighted by Gasteiger charge is -2.18. The topological polar surface area (TPSA) is 72.4 Å². The van der Waals surface area contributed by atoms with Crippen LogP contribution in [0.15, 0.2) is 54.7 Å². The largest absolute Gasteiger partial charge is 0.454 e. The van der Waals surface area contributed by atoms with Crippen LogP contribution in [0.25, 0.3) is 0 Å². The fourth-order valence-corrected chi connectivity index (χ4v) is 2.55. The van der Waals surface area contributed by atoms with Crippen LogP contribution in [0.4, 0.5) is 17.5 Å². The van der Waals surface area contributed by atoms with Crippen molar-refractivity contribution in [2.24, 2.45) is 0 Å². The molecule has 1 aromatic heterocycles. The van der Waals surface area contributed by atoms with Crippen LogP contribution in [-0.4, -0.2) is 29.0 Å². The average molecular weight is 335 g/mol. The summed E-state index contributed by atoms with van der Waals surface area (Å²) in [5.74, 6) is 2.72. The summed E-state index contributed by atoms with van der Waals surface area (Å²) in [4.78, 5) is 6.48. The summed E-state index contributed by atoms with van der Waals surface area (Å²) in [5, 5.41) is 11.3. The van der Waals surface area contributed by atoms with Gasteiger partial charge in [-0.05, 0) is 29.8 Å². The van der Waals surface area contributed by atoms with E-state index in [-0.39, 0.29) is 6.79 Å². The van der Waals surface area contributed by atoms with Gasteiger partial charge in [-0.2, -0.15) is 10.1 Å². The first-order chi connectivity index (χ1) is 12.3. The van der Waals surface area contributed by atoms with Gasteiger partial charge >= 0.3 is 0 Å². The Hall–Kier alpha value is -3.35. The summed E-state index contributed by atoms with van der Waals surface area (Å²) in [7, 11) is 1.95. The Morgan fingerprint density at radius 1 is 1.08 bits per heavy atom. The fraction of sp³-hybridized carbons (Fsp3) is 0.167. The van der Waals surface area contributed by atoms with E-state index in [2.05, 4.69) is 20.5 Å². The number of ether oxygens (including phenoxy) is 2. The van der Waals surface area contributed by atoms with Gasteiger partial charge in [-0.25, -0.2) is 0 Å². The number of rotatable bonds is 5. The fourth-order valence-electron chi connectivity index (χ4n) is 2.55. The average Bonchev–Trinajstić information content (AvgIpc) is 3.14. The van der Waals surface area contributed by atoms with Crippen molar-refractivity contribution in [2.45, 2.75) is 6.54 Å². The lowest BCUT2D eigenvalue weighted by Crippen LogP contribution is -2.14. The minimum Gasteiger partial charge on any atom is -0.454 e. The number of benzene rings is 2. The van der Waals surface area contributed by atoms with Gasteiger partial charge in [0.2, 0.25) is 12.7 Å². The van der Waals surface area contributed by atoms with Crippen molar-refractivity contribution in [3.05, 3.63) is 60.3 Å². The zero-order valence-electron chi connectivity index (χ0n) is 13.7. The van der Waals surface area contributed by atoms with Crippen molar-refractivity contribution >= 4 is 17.5 Å². The number of anilines is 3. The zero-order chi connectivity index (χ0) is 17.1. The van der Waals surface area contributed by atoms with Gasteiger partial charge in [0, 0.05) is 19.3 Å². The van der Waals surface area contributed by atoms with Gasteiger partial charge in [0.05, 0.1) is 6.20 Å². The Morgan fingerprint density at radius 2 is 1.92 bits per heavy atom. The van der Waals surface area contributed by atoms with Crippen LogP contribution in [-0.2, 0) is 6.54 Å². The Bertz CT molecular complexity index is 872. The number of hydrogen-bond acceptors (Lipinski definition) is 7. The molecule has 0 fully saturated rings. The van der Waals surface area contributed by atoms with E-state index in [0.29, 0.717) is 12.5 Å². The summed E-state index contributed by atoms with van der Waals surface area (Å²) in [6, 6.07) is 15.8. The van der Waals surface area contributed by atoms with Gasteiger partial charge in [0.15, 0.2) is 17.3 Å². The van der Waals surface area contributed by atoms with E-state index in [4.69, 9.17) is 9.47 Å². The molecule has 0 unspecified atom stereocenters. The molecule has 7 nitrogen and oxygen atoms in total. The van der Waals surface area contributed by atoms with Crippen LogP contribution in [0.5, 0.6) is 11.5 Å². The van der Waals surface area contributed by atoms with Crippen LogP contribution in [0.1, 0.15) is 5.56 Å². The zero-order valence-corrected chi connectivity index (χ0v) is 13.7. The maximum atomic E-state index is 5.39. The lowest BCUT2D eigenvalue weighted by molar-refractivity contribution is 0.174. The smallest absolute Gasteiger partial charge is 0.244 e. The lowest BCUT2D eigenvalue weighted by atomic mass is 10.2. The van der Waals surface area contributed by atoms with E-state index >= 15 is 0 Å². The van der Waals surface area contributed by atoms with E-state index in [1.165, 1.54) is 0 Å². The highest BCUT2D eigenvalue weighted by molar-refractivity contribution is 5.58. The number of nitrogens with zero attached hydrogens (tertiary/aromatic N) is 4. The summed E-state index contributed by atoms with van der Waals surface area (Å²) >= 11 is 0. The van der Waals surface area contributed by atoms with Crippen LogP contribution < -0.4 is 19.7 Å². The first-order valence-corrected chi connectivity index (χ1v) is 7.90. The van der Waals surface area contributed by atoms with E-state index in [1.54, 1.807) is 6.20 Å². The number of para-hydroxylation sites is 1. The van der Waals surface area contributed by atoms with Gasteiger partial charge in [-0.15, -0.1) is 5.10 Å². The first-order valence-electron chi connectivity index (χ1n) is 7.90. The monoisotopic (exact) mass is 335 g/mol. The molecule has 7 heteroatoms. The normalized spacial score (nSPS) is 12.0. The Kier molecular flexibility index (Phi) is 4.04. The number of nitrogens with one attached hydrogen (secondary N) is 1. The molecule has 0 radical (unpaired) electrons. The third-order valence-corrected chi connectivity index (χ3v) is 3.92. The molecule has 1 N–H and O–H groups in total. The van der Waals surface area contributed by atoms with Gasteiger partial charge in [0.25, 0.3) is 0 Å². The van der Waals surface area contributed by atoms with E-state index in [1.807, 2.05) is 60.5 Å². The van der Waals surface area contributed by atoms with Crippen LogP contribution in [0, 0.1) is 0 Å². The Labute approximate surface area is 145 Å². The number of aromatic nitrogens is 3. The molecular formula is C18H17N5O2. The second-order valence-electron chi connectivity index (χ2n) is 5.57. The quantitative estimate of drug-likeness (QED) is 0.768. The Morgan fingerprint density at radius 3 is 2.80 bits per heavy atom. The molecule has 0 atom stereocenters. The highest BCUT2D eigenvalue weighted by Crippen LogP contribution is 2.32. The third-order valence-electron chi connectivity index (χ3n) is 3.92. The summed E-state index contributed by atoms with van der Waals surface area (Å²) in [6.07, 6.45) is 1.64. The van der Waals surface area contributed by atoms with E-state index in [0.717, 1.165) is 28.6 Å². The summed E-state index contributed by atoms with van der Waals surface area (Å²) < 4.78 is 10.7. The number of fused-ring (bicyclic) bond motifs is 1. The molecule has 3 aromatic rings. The van der Waals surface area contributed by atoms with Gasteiger partial charge < -0.3 is 19.7 Å². The molecular weight excluding hydrogens is 318 g/mol. The van der Waals surface area contributed by atoms with Crippen LogP contribution in [0.3, 0.4) is 0 Å². The molecule has 0 amide bonds. The van der Waals surface area contributed by atoms with Gasteiger partial charge in [-0.3, -0.25) is 0 Å². The van der Waals surface area contributed by atoms with Gasteiger partial charge in [-0.1, -0.05) is 24.3 Å². The molecule has 1 aliphatic heterocycles. The number of hydrogen-bond donors (Lipinski definition) is 1. The molecule has 0 bridgehead atoms. The molecule has 1 aliphatic rings. The molecule has 0 saturated carbocycles. The molecule has 4 rings (SSSR count). The minimum atomic E-state index is 0.271. The van der Waals surface area contributed by atoms with Crippen molar-refractivity contribution in [1.82, 2.24) is 15.2 Å².